The molecule has 1 rings (SSSR count). The third-order valence-electron chi connectivity index (χ3n) is 2.56. The van der Waals surface area contributed by atoms with Crippen molar-refractivity contribution >= 4 is 27.3 Å². The van der Waals surface area contributed by atoms with E-state index in [1.54, 1.807) is 13.8 Å². The number of aliphatic hydroxyl groups is 1. The second-order valence-corrected chi connectivity index (χ2v) is 6.89. The molecule has 20 heavy (non-hydrogen) atoms. The summed E-state index contributed by atoms with van der Waals surface area (Å²) in [6, 6.07) is 3.13. The fraction of sp³-hybridized carbons (Fsp3) is 0.455. The van der Waals surface area contributed by atoms with Crippen LogP contribution in [-0.4, -0.2) is 30.6 Å². The van der Waals surface area contributed by atoms with Crippen molar-refractivity contribution in [3.8, 4) is 0 Å². The molecular weight excluding hydrogens is 308 g/mol. The third-order valence-corrected chi connectivity index (χ3v) is 4.74. The minimum Gasteiger partial charge on any atom is -0.396 e. The smallest absolute Gasteiger partial charge is 0.271 e. The lowest BCUT2D eigenvalue weighted by Gasteiger charge is -2.25. The van der Waals surface area contributed by atoms with Crippen molar-refractivity contribution in [1.29, 1.82) is 0 Å². The molecule has 0 heterocycles. The van der Waals surface area contributed by atoms with E-state index in [4.69, 9.17) is 16.7 Å². The monoisotopic (exact) mass is 322 g/mol. The summed E-state index contributed by atoms with van der Waals surface area (Å²) < 4.78 is 26.8. The van der Waals surface area contributed by atoms with E-state index in [0.29, 0.717) is 0 Å². The first-order valence-electron chi connectivity index (χ1n) is 5.68. The number of benzene rings is 1. The summed E-state index contributed by atoms with van der Waals surface area (Å²) in [7, 11) is -3.93. The Morgan fingerprint density at radius 2 is 2.05 bits per heavy atom. The summed E-state index contributed by atoms with van der Waals surface area (Å²) in [6.45, 7) is 3.05. The highest BCUT2D eigenvalue weighted by Crippen LogP contribution is 2.27. The zero-order valence-corrected chi connectivity index (χ0v) is 12.5. The average molecular weight is 323 g/mol. The number of aliphatic hydroxyl groups excluding tert-OH is 1. The van der Waals surface area contributed by atoms with Crippen molar-refractivity contribution in [3.05, 3.63) is 33.3 Å². The van der Waals surface area contributed by atoms with Crippen LogP contribution in [0.1, 0.15) is 20.3 Å². The molecule has 0 aromatic heterocycles. The molecule has 1 aromatic carbocycles. The number of sulfonamides is 1. The SMILES string of the molecule is CC(C)(CCO)NS(=O)(=O)c1ccc([N+](=O)[O-])cc1Cl. The van der Waals surface area contributed by atoms with Gasteiger partial charge in [-0.3, -0.25) is 10.1 Å². The summed E-state index contributed by atoms with van der Waals surface area (Å²) >= 11 is 5.79. The van der Waals surface area contributed by atoms with Gasteiger partial charge in [0, 0.05) is 24.3 Å². The second kappa shape index (κ2) is 6.04. The Labute approximate surface area is 121 Å². The lowest BCUT2D eigenvalue weighted by Crippen LogP contribution is -2.43. The van der Waals surface area contributed by atoms with Crippen molar-refractivity contribution in [1.82, 2.24) is 4.72 Å². The first-order chi connectivity index (χ1) is 9.09. The number of halogens is 1. The predicted molar refractivity (Wildman–Crippen MR) is 74.2 cm³/mol. The van der Waals surface area contributed by atoms with Crippen molar-refractivity contribution in [2.24, 2.45) is 0 Å². The molecule has 0 amide bonds. The van der Waals surface area contributed by atoms with Crippen molar-refractivity contribution < 1.29 is 18.4 Å². The van der Waals surface area contributed by atoms with Gasteiger partial charge in [0.2, 0.25) is 10.0 Å². The highest BCUT2D eigenvalue weighted by molar-refractivity contribution is 7.89. The largest absolute Gasteiger partial charge is 0.396 e. The standard InChI is InChI=1S/C11H15ClN2O5S/c1-11(2,5-6-15)13-20(18,19)10-4-3-8(14(16)17)7-9(10)12/h3-4,7,13,15H,5-6H2,1-2H3. The average Bonchev–Trinajstić information content (AvgIpc) is 2.26. The van der Waals surface area contributed by atoms with Crippen LogP contribution in [0.25, 0.3) is 0 Å². The van der Waals surface area contributed by atoms with Gasteiger partial charge < -0.3 is 5.11 Å². The number of rotatable bonds is 6. The topological polar surface area (TPSA) is 110 Å². The molecule has 0 fully saturated rings. The Balaban J connectivity index is 3.14. The normalized spacial score (nSPS) is 12.4. The van der Waals surface area contributed by atoms with Gasteiger partial charge >= 0.3 is 0 Å². The quantitative estimate of drug-likeness (QED) is 0.611. The second-order valence-electron chi connectivity index (χ2n) is 4.83. The fourth-order valence-electron chi connectivity index (χ4n) is 1.57. The number of hydrogen-bond donors (Lipinski definition) is 2. The van der Waals surface area contributed by atoms with Gasteiger partial charge in [-0.05, 0) is 26.3 Å². The van der Waals surface area contributed by atoms with Crippen LogP contribution in [0.15, 0.2) is 23.1 Å². The lowest BCUT2D eigenvalue weighted by atomic mass is 10.0. The van der Waals surface area contributed by atoms with E-state index < -0.39 is 20.5 Å². The molecule has 0 atom stereocenters. The van der Waals surface area contributed by atoms with Crippen LogP contribution >= 0.6 is 11.6 Å². The summed E-state index contributed by atoms with van der Waals surface area (Å²) in [5.74, 6) is 0. The predicted octanol–water partition coefficient (Wildman–Crippen LogP) is 1.69. The Morgan fingerprint density at radius 1 is 1.45 bits per heavy atom. The van der Waals surface area contributed by atoms with Crippen molar-refractivity contribution in [2.45, 2.75) is 30.7 Å². The van der Waals surface area contributed by atoms with E-state index >= 15 is 0 Å². The van der Waals surface area contributed by atoms with Crippen LogP contribution in [0.5, 0.6) is 0 Å². The van der Waals surface area contributed by atoms with Gasteiger partial charge in [0.1, 0.15) is 4.90 Å². The Kier molecular flexibility index (Phi) is 5.09. The van der Waals surface area contributed by atoms with E-state index in [1.807, 2.05) is 0 Å². The van der Waals surface area contributed by atoms with Crippen LogP contribution in [0, 0.1) is 10.1 Å². The summed E-state index contributed by atoms with van der Waals surface area (Å²) in [5.41, 5.74) is -1.15. The molecule has 112 valence electrons. The van der Waals surface area contributed by atoms with Crippen molar-refractivity contribution in [2.75, 3.05) is 6.61 Å². The first kappa shape index (κ1) is 16.8. The van der Waals surface area contributed by atoms with E-state index in [0.717, 1.165) is 18.2 Å². The summed E-state index contributed by atoms with van der Waals surface area (Å²) in [5, 5.41) is 19.2. The molecule has 0 bridgehead atoms. The number of hydrogen-bond acceptors (Lipinski definition) is 5. The van der Waals surface area contributed by atoms with Crippen LogP contribution in [0.2, 0.25) is 5.02 Å². The van der Waals surface area contributed by atoms with Crippen LogP contribution in [0.4, 0.5) is 5.69 Å². The number of nitro benzene ring substituents is 1. The molecule has 0 saturated carbocycles. The molecule has 0 aliphatic rings. The van der Waals surface area contributed by atoms with Crippen LogP contribution < -0.4 is 4.72 Å². The summed E-state index contributed by atoms with van der Waals surface area (Å²) in [6.07, 6.45) is 0.219. The minimum absolute atomic E-state index is 0.177. The number of nitro groups is 1. The zero-order valence-electron chi connectivity index (χ0n) is 11.0. The Morgan fingerprint density at radius 3 is 2.50 bits per heavy atom. The van der Waals surface area contributed by atoms with E-state index in [-0.39, 0.29) is 28.6 Å². The van der Waals surface area contributed by atoms with Gasteiger partial charge in [-0.15, -0.1) is 0 Å². The van der Waals surface area contributed by atoms with Crippen molar-refractivity contribution in [3.63, 3.8) is 0 Å². The maximum atomic E-state index is 12.2. The van der Waals surface area contributed by atoms with Crippen LogP contribution in [0.3, 0.4) is 0 Å². The molecule has 1 aromatic rings. The van der Waals surface area contributed by atoms with Gasteiger partial charge in [-0.1, -0.05) is 11.6 Å². The maximum Gasteiger partial charge on any atom is 0.271 e. The molecule has 0 spiro atoms. The summed E-state index contributed by atoms with van der Waals surface area (Å²) in [4.78, 5) is 9.68. The molecule has 0 unspecified atom stereocenters. The van der Waals surface area contributed by atoms with E-state index in [2.05, 4.69) is 4.72 Å². The van der Waals surface area contributed by atoms with Crippen LogP contribution in [-0.2, 0) is 10.0 Å². The maximum absolute atomic E-state index is 12.2. The van der Waals surface area contributed by atoms with Gasteiger partial charge in [0.15, 0.2) is 0 Å². The molecule has 9 heteroatoms. The molecule has 7 nitrogen and oxygen atoms in total. The van der Waals surface area contributed by atoms with Gasteiger partial charge in [-0.2, -0.15) is 0 Å². The lowest BCUT2D eigenvalue weighted by molar-refractivity contribution is -0.384. The Hall–Kier alpha value is -1.22. The highest BCUT2D eigenvalue weighted by Gasteiger charge is 2.28. The van der Waals surface area contributed by atoms with E-state index in [9.17, 15) is 18.5 Å². The molecule has 0 radical (unpaired) electrons. The highest BCUT2D eigenvalue weighted by atomic mass is 35.5. The fourth-order valence-corrected chi connectivity index (χ4v) is 3.55. The Bertz CT molecular complexity index is 615. The molecule has 2 N–H and O–H groups in total. The zero-order chi connectivity index (χ0) is 15.6. The number of nitrogens with zero attached hydrogens (tertiary/aromatic N) is 1. The first-order valence-corrected chi connectivity index (χ1v) is 7.54. The molecular formula is C11H15ClN2O5S. The molecule has 0 aliphatic heterocycles. The van der Waals surface area contributed by atoms with Gasteiger partial charge in [-0.25, -0.2) is 13.1 Å². The number of nitrogens with one attached hydrogen (secondary N) is 1. The van der Waals surface area contributed by atoms with Gasteiger partial charge in [0.25, 0.3) is 5.69 Å². The molecule has 0 saturated heterocycles. The third kappa shape index (κ3) is 4.14. The minimum atomic E-state index is -3.93. The van der Waals surface area contributed by atoms with Gasteiger partial charge in [0.05, 0.1) is 9.95 Å². The molecule has 0 aliphatic carbocycles. The van der Waals surface area contributed by atoms with E-state index in [1.165, 1.54) is 0 Å². The number of non-ortho nitro benzene ring substituents is 1.